The minimum Gasteiger partial charge on any atom is -0.465 e. The van der Waals surface area contributed by atoms with Gasteiger partial charge in [0.05, 0.1) is 0 Å². The lowest BCUT2D eigenvalue weighted by molar-refractivity contribution is -0.107. The van der Waals surface area contributed by atoms with Crippen LogP contribution in [0.25, 0.3) is 0 Å². The van der Waals surface area contributed by atoms with Gasteiger partial charge in [-0.05, 0) is 19.3 Å². The summed E-state index contributed by atoms with van der Waals surface area (Å²) in [6.07, 6.45) is 4.00. The van der Waals surface area contributed by atoms with E-state index in [1.165, 1.54) is 11.3 Å². The van der Waals surface area contributed by atoms with Crippen molar-refractivity contribution in [2.45, 2.75) is 32.6 Å². The van der Waals surface area contributed by atoms with Gasteiger partial charge in [-0.25, -0.2) is 4.79 Å². The van der Waals surface area contributed by atoms with Crippen LogP contribution in [0.3, 0.4) is 0 Å². The first-order valence-electron chi connectivity index (χ1n) is 4.63. The lowest BCUT2D eigenvalue weighted by Gasteiger charge is -2.22. The van der Waals surface area contributed by atoms with Gasteiger partial charge in [0.1, 0.15) is 6.29 Å². The lowest BCUT2D eigenvalue weighted by atomic mass is 10.1. The number of aldehydes is 1. The molecular formula is C9H17NO3. The number of carbonyl (C=O) groups is 2. The molecule has 1 saturated heterocycles. The van der Waals surface area contributed by atoms with Crippen LogP contribution in [0.1, 0.15) is 32.6 Å². The summed E-state index contributed by atoms with van der Waals surface area (Å²) in [6.45, 7) is 3.28. The van der Waals surface area contributed by atoms with Crippen molar-refractivity contribution in [3.05, 3.63) is 0 Å². The number of piperidine rings is 1. The standard InChI is InChI=1S/C6H11NO2.C3H6O/c8-6(9)7-4-2-1-3-5-7;1-2-3-4/h1-5H2,(H,8,9);3H,2H2,1H3. The van der Waals surface area contributed by atoms with Gasteiger partial charge >= 0.3 is 6.09 Å². The Labute approximate surface area is 78.5 Å². The van der Waals surface area contributed by atoms with E-state index < -0.39 is 6.09 Å². The summed E-state index contributed by atoms with van der Waals surface area (Å²) in [5.74, 6) is 0. The molecule has 0 aromatic heterocycles. The fraction of sp³-hybridized carbons (Fsp3) is 0.778. The molecule has 1 amide bonds. The lowest BCUT2D eigenvalue weighted by Crippen LogP contribution is -2.34. The molecule has 0 spiro atoms. The Morgan fingerprint density at radius 1 is 1.38 bits per heavy atom. The molecule has 1 N–H and O–H groups in total. The van der Waals surface area contributed by atoms with E-state index in [0.29, 0.717) is 6.42 Å². The first-order valence-corrected chi connectivity index (χ1v) is 4.63. The van der Waals surface area contributed by atoms with E-state index in [1.807, 2.05) is 6.92 Å². The Hall–Kier alpha value is -1.06. The Balaban J connectivity index is 0.000000310. The largest absolute Gasteiger partial charge is 0.465 e. The third kappa shape index (κ3) is 6.13. The van der Waals surface area contributed by atoms with Crippen LogP contribution in [0.15, 0.2) is 0 Å². The zero-order chi connectivity index (χ0) is 10.1. The topological polar surface area (TPSA) is 57.6 Å². The normalized spacial score (nSPS) is 15.6. The Kier molecular flexibility index (Phi) is 6.96. The summed E-state index contributed by atoms with van der Waals surface area (Å²) >= 11 is 0. The Morgan fingerprint density at radius 3 is 2.08 bits per heavy atom. The number of likely N-dealkylation sites (tertiary alicyclic amines) is 1. The van der Waals surface area contributed by atoms with Gasteiger partial charge in [-0.2, -0.15) is 0 Å². The van der Waals surface area contributed by atoms with Crippen LogP contribution >= 0.6 is 0 Å². The molecule has 13 heavy (non-hydrogen) atoms. The van der Waals surface area contributed by atoms with Crippen molar-refractivity contribution in [2.24, 2.45) is 0 Å². The van der Waals surface area contributed by atoms with Gasteiger partial charge in [-0.15, -0.1) is 0 Å². The number of hydrogen-bond donors (Lipinski definition) is 1. The number of amides is 1. The van der Waals surface area contributed by atoms with E-state index in [-0.39, 0.29) is 0 Å². The maximum atomic E-state index is 10.3. The second-order valence-electron chi connectivity index (χ2n) is 2.91. The maximum absolute atomic E-state index is 10.3. The van der Waals surface area contributed by atoms with Gasteiger partial charge in [-0.3, -0.25) is 0 Å². The average Bonchev–Trinajstić information content (AvgIpc) is 2.19. The van der Waals surface area contributed by atoms with Crippen LogP contribution in [0.2, 0.25) is 0 Å². The molecule has 1 aliphatic rings. The molecule has 0 radical (unpaired) electrons. The SMILES string of the molecule is CCC=O.O=C(O)N1CCCCC1. The minimum absolute atomic E-state index is 0.639. The van der Waals surface area contributed by atoms with Crippen LogP contribution in [-0.4, -0.2) is 35.5 Å². The summed E-state index contributed by atoms with van der Waals surface area (Å²) in [4.78, 5) is 20.9. The molecule has 1 fully saturated rings. The van der Waals surface area contributed by atoms with Gasteiger partial charge in [0.2, 0.25) is 0 Å². The summed E-state index contributed by atoms with van der Waals surface area (Å²) in [5, 5.41) is 8.46. The van der Waals surface area contributed by atoms with Crippen LogP contribution in [-0.2, 0) is 4.79 Å². The predicted octanol–water partition coefficient (Wildman–Crippen LogP) is 1.75. The van der Waals surface area contributed by atoms with Crippen molar-refractivity contribution in [1.29, 1.82) is 0 Å². The minimum atomic E-state index is -0.769. The van der Waals surface area contributed by atoms with Crippen molar-refractivity contribution in [3.8, 4) is 0 Å². The van der Waals surface area contributed by atoms with Gasteiger partial charge in [-0.1, -0.05) is 6.92 Å². The zero-order valence-corrected chi connectivity index (χ0v) is 8.03. The van der Waals surface area contributed by atoms with Crippen LogP contribution < -0.4 is 0 Å². The molecule has 0 bridgehead atoms. The quantitative estimate of drug-likeness (QED) is 0.636. The number of carboxylic acid groups (broad SMARTS) is 1. The number of rotatable bonds is 1. The smallest absolute Gasteiger partial charge is 0.407 e. The molecule has 4 nitrogen and oxygen atoms in total. The molecule has 1 heterocycles. The van der Waals surface area contributed by atoms with Gasteiger partial charge in [0.15, 0.2) is 0 Å². The van der Waals surface area contributed by atoms with Crippen molar-refractivity contribution in [2.75, 3.05) is 13.1 Å². The van der Waals surface area contributed by atoms with Crippen molar-refractivity contribution in [3.63, 3.8) is 0 Å². The summed E-state index contributed by atoms with van der Waals surface area (Å²) in [5.41, 5.74) is 0. The van der Waals surface area contributed by atoms with E-state index in [9.17, 15) is 9.59 Å². The fourth-order valence-electron chi connectivity index (χ4n) is 1.09. The van der Waals surface area contributed by atoms with Gasteiger partial charge in [0, 0.05) is 19.5 Å². The number of carbonyl (C=O) groups excluding carboxylic acids is 1. The maximum Gasteiger partial charge on any atom is 0.407 e. The highest BCUT2D eigenvalue weighted by molar-refractivity contribution is 5.64. The molecule has 0 aromatic rings. The molecule has 76 valence electrons. The van der Waals surface area contributed by atoms with Gasteiger partial charge < -0.3 is 14.8 Å². The molecule has 0 aliphatic carbocycles. The monoisotopic (exact) mass is 187 g/mol. The molecule has 0 atom stereocenters. The van der Waals surface area contributed by atoms with Crippen molar-refractivity contribution >= 4 is 12.4 Å². The predicted molar refractivity (Wildman–Crippen MR) is 49.8 cm³/mol. The van der Waals surface area contributed by atoms with Crippen LogP contribution in [0.5, 0.6) is 0 Å². The number of hydrogen-bond acceptors (Lipinski definition) is 2. The summed E-state index contributed by atoms with van der Waals surface area (Å²) in [6, 6.07) is 0. The molecule has 1 rings (SSSR count). The molecule has 0 saturated carbocycles. The van der Waals surface area contributed by atoms with Crippen molar-refractivity contribution in [1.82, 2.24) is 4.90 Å². The molecule has 4 heteroatoms. The third-order valence-corrected chi connectivity index (χ3v) is 1.79. The highest BCUT2D eigenvalue weighted by Crippen LogP contribution is 2.07. The highest BCUT2D eigenvalue weighted by atomic mass is 16.4. The average molecular weight is 187 g/mol. The van der Waals surface area contributed by atoms with E-state index in [2.05, 4.69) is 0 Å². The fourth-order valence-corrected chi connectivity index (χ4v) is 1.09. The van der Waals surface area contributed by atoms with E-state index in [1.54, 1.807) is 0 Å². The molecule has 1 aliphatic heterocycles. The first-order chi connectivity index (χ1) is 6.22. The number of nitrogens with zero attached hydrogens (tertiary/aromatic N) is 1. The van der Waals surface area contributed by atoms with Crippen LogP contribution in [0.4, 0.5) is 4.79 Å². The van der Waals surface area contributed by atoms with Gasteiger partial charge in [0.25, 0.3) is 0 Å². The van der Waals surface area contributed by atoms with Crippen LogP contribution in [0, 0.1) is 0 Å². The second kappa shape index (κ2) is 7.58. The second-order valence-corrected chi connectivity index (χ2v) is 2.91. The van der Waals surface area contributed by atoms with Crippen molar-refractivity contribution < 1.29 is 14.7 Å². The summed E-state index contributed by atoms with van der Waals surface area (Å²) < 4.78 is 0. The zero-order valence-electron chi connectivity index (χ0n) is 8.03. The third-order valence-electron chi connectivity index (χ3n) is 1.79. The van der Waals surface area contributed by atoms with E-state index >= 15 is 0 Å². The Bertz CT molecular complexity index is 153. The summed E-state index contributed by atoms with van der Waals surface area (Å²) in [7, 11) is 0. The molecule has 0 unspecified atom stereocenters. The highest BCUT2D eigenvalue weighted by Gasteiger charge is 2.13. The molecular weight excluding hydrogens is 170 g/mol. The molecule has 0 aromatic carbocycles. The Morgan fingerprint density at radius 2 is 1.85 bits per heavy atom. The first kappa shape index (κ1) is 11.9. The van der Waals surface area contributed by atoms with E-state index in [4.69, 9.17) is 5.11 Å². The van der Waals surface area contributed by atoms with E-state index in [0.717, 1.165) is 32.2 Å².